The zero-order valence-corrected chi connectivity index (χ0v) is 16.5. The highest BCUT2D eigenvalue weighted by atomic mass is 35.5. The van der Waals surface area contributed by atoms with Crippen molar-refractivity contribution in [3.63, 3.8) is 0 Å². The highest BCUT2D eigenvalue weighted by Crippen LogP contribution is 2.33. The molecule has 144 valence electrons. The lowest BCUT2D eigenvalue weighted by Gasteiger charge is -2.12. The number of nitrogens with one attached hydrogen (secondary N) is 1. The van der Waals surface area contributed by atoms with Gasteiger partial charge in [-0.05, 0) is 25.1 Å². The third-order valence-electron chi connectivity index (χ3n) is 3.15. The van der Waals surface area contributed by atoms with E-state index < -0.39 is 25.1 Å². The molecule has 0 unspecified atom stereocenters. The van der Waals surface area contributed by atoms with Crippen molar-refractivity contribution in [1.29, 1.82) is 0 Å². The lowest BCUT2D eigenvalue weighted by atomic mass is 10.3. The molecule has 6 nitrogen and oxygen atoms in total. The van der Waals surface area contributed by atoms with E-state index in [9.17, 15) is 9.59 Å². The SMILES string of the molecule is CCOc1ccccc1NC(=O)COC(=O)COc1cc(Cl)c(Cl)cc1Cl. The maximum atomic E-state index is 11.9. The van der Waals surface area contributed by atoms with E-state index in [1.807, 2.05) is 6.92 Å². The Morgan fingerprint density at radius 1 is 0.926 bits per heavy atom. The Morgan fingerprint density at radius 2 is 1.63 bits per heavy atom. The number of benzene rings is 2. The summed E-state index contributed by atoms with van der Waals surface area (Å²) in [6.07, 6.45) is 0. The van der Waals surface area contributed by atoms with Gasteiger partial charge in [-0.3, -0.25) is 4.79 Å². The number of halogens is 3. The molecule has 0 aliphatic carbocycles. The molecule has 2 aromatic carbocycles. The topological polar surface area (TPSA) is 73.9 Å². The first-order chi connectivity index (χ1) is 12.9. The Balaban J connectivity index is 1.82. The van der Waals surface area contributed by atoms with Crippen molar-refractivity contribution in [1.82, 2.24) is 0 Å². The van der Waals surface area contributed by atoms with Crippen LogP contribution in [0.15, 0.2) is 36.4 Å². The number of hydrogen-bond donors (Lipinski definition) is 1. The fraction of sp³-hybridized carbons (Fsp3) is 0.222. The number of rotatable bonds is 8. The normalized spacial score (nSPS) is 10.2. The summed E-state index contributed by atoms with van der Waals surface area (Å²) < 4.78 is 15.5. The van der Waals surface area contributed by atoms with E-state index in [4.69, 9.17) is 49.0 Å². The first kappa shape index (κ1) is 21.2. The maximum absolute atomic E-state index is 11.9. The number of para-hydroxylation sites is 2. The third-order valence-corrected chi connectivity index (χ3v) is 4.16. The van der Waals surface area contributed by atoms with Crippen LogP contribution in [0.25, 0.3) is 0 Å². The predicted molar refractivity (Wildman–Crippen MR) is 104 cm³/mol. The Labute approximate surface area is 171 Å². The second kappa shape index (κ2) is 10.3. The summed E-state index contributed by atoms with van der Waals surface area (Å²) in [6.45, 7) is 1.37. The Bertz CT molecular complexity index is 829. The molecule has 2 rings (SSSR count). The van der Waals surface area contributed by atoms with Gasteiger partial charge in [0.25, 0.3) is 5.91 Å². The van der Waals surface area contributed by atoms with E-state index in [0.29, 0.717) is 18.0 Å². The number of ether oxygens (including phenoxy) is 3. The molecule has 0 saturated heterocycles. The van der Waals surface area contributed by atoms with Crippen LogP contribution >= 0.6 is 34.8 Å². The zero-order valence-electron chi connectivity index (χ0n) is 14.3. The van der Waals surface area contributed by atoms with Gasteiger partial charge in [0.1, 0.15) is 11.5 Å². The molecule has 0 radical (unpaired) electrons. The maximum Gasteiger partial charge on any atom is 0.344 e. The smallest absolute Gasteiger partial charge is 0.344 e. The molecule has 1 N–H and O–H groups in total. The number of carbonyl (C=O) groups excluding carboxylic acids is 2. The Hall–Kier alpha value is -2.15. The second-order valence-corrected chi connectivity index (χ2v) is 6.35. The van der Waals surface area contributed by atoms with E-state index in [1.165, 1.54) is 12.1 Å². The van der Waals surface area contributed by atoms with Gasteiger partial charge in [0.05, 0.1) is 27.4 Å². The van der Waals surface area contributed by atoms with Crippen LogP contribution in [0.4, 0.5) is 5.69 Å². The fourth-order valence-corrected chi connectivity index (χ4v) is 2.57. The minimum atomic E-state index is -0.745. The van der Waals surface area contributed by atoms with Crippen molar-refractivity contribution in [2.45, 2.75) is 6.92 Å². The number of carbonyl (C=O) groups is 2. The van der Waals surface area contributed by atoms with Crippen LogP contribution in [0.3, 0.4) is 0 Å². The first-order valence-corrected chi connectivity index (χ1v) is 8.98. The summed E-state index contributed by atoms with van der Waals surface area (Å²) in [5.41, 5.74) is 0.485. The van der Waals surface area contributed by atoms with Crippen LogP contribution in [-0.4, -0.2) is 31.7 Å². The molecule has 0 aromatic heterocycles. The third kappa shape index (κ3) is 6.50. The number of hydrogen-bond acceptors (Lipinski definition) is 5. The summed E-state index contributed by atoms with van der Waals surface area (Å²) >= 11 is 17.6. The van der Waals surface area contributed by atoms with Gasteiger partial charge >= 0.3 is 5.97 Å². The molecule has 1 amide bonds. The second-order valence-electron chi connectivity index (χ2n) is 5.12. The van der Waals surface area contributed by atoms with E-state index in [0.717, 1.165) is 0 Å². The number of esters is 1. The van der Waals surface area contributed by atoms with Gasteiger partial charge in [-0.15, -0.1) is 0 Å². The van der Waals surface area contributed by atoms with Crippen LogP contribution in [0.5, 0.6) is 11.5 Å². The highest BCUT2D eigenvalue weighted by molar-refractivity contribution is 6.43. The molecule has 0 spiro atoms. The molecule has 0 atom stereocenters. The van der Waals surface area contributed by atoms with Crippen molar-refractivity contribution in [3.8, 4) is 11.5 Å². The summed E-state index contributed by atoms with van der Waals surface area (Å²) in [4.78, 5) is 23.7. The monoisotopic (exact) mass is 431 g/mol. The summed E-state index contributed by atoms with van der Waals surface area (Å²) in [5.74, 6) is -0.552. The largest absolute Gasteiger partial charge is 0.492 e. The highest BCUT2D eigenvalue weighted by Gasteiger charge is 2.13. The predicted octanol–water partition coefficient (Wildman–Crippen LogP) is 4.61. The Kier molecular flexibility index (Phi) is 8.03. The van der Waals surface area contributed by atoms with Crippen molar-refractivity contribution in [2.24, 2.45) is 0 Å². The first-order valence-electron chi connectivity index (χ1n) is 7.85. The molecule has 0 heterocycles. The van der Waals surface area contributed by atoms with Crippen molar-refractivity contribution in [3.05, 3.63) is 51.5 Å². The van der Waals surface area contributed by atoms with Crippen LogP contribution in [0.2, 0.25) is 15.1 Å². The standard InChI is InChI=1S/C18H16Cl3NO5/c1-2-25-15-6-4-3-5-14(15)22-17(23)9-27-18(24)10-26-16-8-12(20)11(19)7-13(16)21/h3-8H,2,9-10H2,1H3,(H,22,23). The van der Waals surface area contributed by atoms with Crippen molar-refractivity contribution >= 4 is 52.4 Å². The molecule has 2 aromatic rings. The van der Waals surface area contributed by atoms with Gasteiger partial charge in [0.15, 0.2) is 13.2 Å². The molecule has 0 saturated carbocycles. The molecular formula is C18H16Cl3NO5. The van der Waals surface area contributed by atoms with E-state index in [1.54, 1.807) is 24.3 Å². The average Bonchev–Trinajstić information content (AvgIpc) is 2.63. The lowest BCUT2D eigenvalue weighted by molar-refractivity contribution is -0.149. The van der Waals surface area contributed by atoms with Crippen molar-refractivity contribution < 1.29 is 23.8 Å². The van der Waals surface area contributed by atoms with Crippen LogP contribution in [0, 0.1) is 0 Å². The molecular weight excluding hydrogens is 417 g/mol. The van der Waals surface area contributed by atoms with Crippen LogP contribution in [0.1, 0.15) is 6.92 Å². The quantitative estimate of drug-likeness (QED) is 0.487. The average molecular weight is 433 g/mol. The van der Waals surface area contributed by atoms with Gasteiger partial charge in [-0.2, -0.15) is 0 Å². The molecule has 0 aliphatic heterocycles. The van der Waals surface area contributed by atoms with Gasteiger partial charge in [-0.25, -0.2) is 4.79 Å². The molecule has 27 heavy (non-hydrogen) atoms. The van der Waals surface area contributed by atoms with E-state index in [-0.39, 0.29) is 20.8 Å². The van der Waals surface area contributed by atoms with Crippen LogP contribution in [-0.2, 0) is 14.3 Å². The van der Waals surface area contributed by atoms with Crippen molar-refractivity contribution in [2.75, 3.05) is 25.1 Å². The summed E-state index contributed by atoms with van der Waals surface area (Å²) in [5, 5.41) is 3.31. The molecule has 9 heteroatoms. The molecule has 0 fully saturated rings. The summed E-state index contributed by atoms with van der Waals surface area (Å²) in [7, 11) is 0. The fourth-order valence-electron chi connectivity index (χ4n) is 1.98. The molecule has 0 bridgehead atoms. The number of amides is 1. The lowest BCUT2D eigenvalue weighted by Crippen LogP contribution is -2.24. The Morgan fingerprint density at radius 3 is 2.37 bits per heavy atom. The zero-order chi connectivity index (χ0) is 19.8. The van der Waals surface area contributed by atoms with Gasteiger partial charge in [-0.1, -0.05) is 46.9 Å². The van der Waals surface area contributed by atoms with E-state index >= 15 is 0 Å². The summed E-state index contributed by atoms with van der Waals surface area (Å²) in [6, 6.07) is 9.72. The number of anilines is 1. The van der Waals surface area contributed by atoms with Gasteiger partial charge in [0.2, 0.25) is 0 Å². The van der Waals surface area contributed by atoms with Gasteiger partial charge in [0, 0.05) is 6.07 Å². The minimum Gasteiger partial charge on any atom is -0.492 e. The van der Waals surface area contributed by atoms with Crippen LogP contribution < -0.4 is 14.8 Å². The van der Waals surface area contributed by atoms with Gasteiger partial charge < -0.3 is 19.5 Å². The van der Waals surface area contributed by atoms with E-state index in [2.05, 4.69) is 5.32 Å². The molecule has 0 aliphatic rings. The minimum absolute atomic E-state index is 0.179.